The molecular formula is C18H18N2OS. The van der Waals surface area contributed by atoms with E-state index < -0.39 is 0 Å². The molecular weight excluding hydrogens is 292 g/mol. The standard InChI is InChI=1S/C18H18N2OS/c21-16-14(12-20-10-4-5-11-20)8-9-15-17(16)22-18(19-15)13-6-2-1-3-7-13/h1-3,6-7,12H,4-5,8-11H2/b14-12+. The molecule has 2 aromatic rings. The normalized spacial score (nSPS) is 19.7. The number of aromatic nitrogens is 1. The van der Waals surface area contributed by atoms with Crippen molar-refractivity contribution in [2.24, 2.45) is 0 Å². The zero-order chi connectivity index (χ0) is 14.9. The average molecular weight is 310 g/mol. The molecule has 1 aromatic carbocycles. The third-order valence-electron chi connectivity index (χ3n) is 4.33. The fourth-order valence-corrected chi connectivity index (χ4v) is 4.22. The highest BCUT2D eigenvalue weighted by Crippen LogP contribution is 2.34. The Balaban J connectivity index is 1.65. The molecule has 1 aliphatic heterocycles. The van der Waals surface area contributed by atoms with Gasteiger partial charge in [0, 0.05) is 30.4 Å². The highest BCUT2D eigenvalue weighted by Gasteiger charge is 2.27. The monoisotopic (exact) mass is 310 g/mol. The minimum atomic E-state index is 0.188. The van der Waals surface area contributed by atoms with Crippen LogP contribution < -0.4 is 0 Å². The predicted octanol–water partition coefficient (Wildman–Crippen LogP) is 3.92. The lowest BCUT2D eigenvalue weighted by Crippen LogP contribution is -2.18. The lowest BCUT2D eigenvalue weighted by Gasteiger charge is -2.17. The van der Waals surface area contributed by atoms with Crippen molar-refractivity contribution in [2.75, 3.05) is 13.1 Å². The van der Waals surface area contributed by atoms with Gasteiger partial charge in [0.05, 0.1) is 10.6 Å². The van der Waals surface area contributed by atoms with Gasteiger partial charge in [0.2, 0.25) is 5.78 Å². The van der Waals surface area contributed by atoms with E-state index in [2.05, 4.69) is 23.2 Å². The molecule has 1 saturated heterocycles. The van der Waals surface area contributed by atoms with Gasteiger partial charge in [-0.1, -0.05) is 30.3 Å². The molecule has 0 saturated carbocycles. The second-order valence-corrected chi connectivity index (χ2v) is 6.89. The van der Waals surface area contributed by atoms with Crippen molar-refractivity contribution in [3.63, 3.8) is 0 Å². The number of allylic oxidation sites excluding steroid dienone is 1. The van der Waals surface area contributed by atoms with E-state index in [4.69, 9.17) is 4.98 Å². The van der Waals surface area contributed by atoms with Gasteiger partial charge in [0.1, 0.15) is 5.01 Å². The Kier molecular flexibility index (Phi) is 3.54. The third kappa shape index (κ3) is 2.48. The second kappa shape index (κ2) is 5.69. The SMILES string of the molecule is O=C1/C(=C/N2CCCC2)CCc2nc(-c3ccccc3)sc21. The summed E-state index contributed by atoms with van der Waals surface area (Å²) >= 11 is 1.54. The molecule has 3 nitrogen and oxygen atoms in total. The number of benzene rings is 1. The number of nitrogens with zero attached hydrogens (tertiary/aromatic N) is 2. The van der Waals surface area contributed by atoms with Crippen molar-refractivity contribution < 1.29 is 4.79 Å². The van der Waals surface area contributed by atoms with Gasteiger partial charge in [0.15, 0.2) is 0 Å². The number of carbonyl (C=O) groups is 1. The zero-order valence-electron chi connectivity index (χ0n) is 12.4. The largest absolute Gasteiger partial charge is 0.377 e. The van der Waals surface area contributed by atoms with Crippen LogP contribution in [0.4, 0.5) is 0 Å². The summed E-state index contributed by atoms with van der Waals surface area (Å²) in [5.41, 5.74) is 3.03. The van der Waals surface area contributed by atoms with Gasteiger partial charge in [0.25, 0.3) is 0 Å². The number of Topliss-reactive ketones (excluding diaryl/α,β-unsaturated/α-hetero) is 1. The average Bonchev–Trinajstić information content (AvgIpc) is 3.21. The van der Waals surface area contributed by atoms with E-state index in [-0.39, 0.29) is 5.78 Å². The molecule has 0 amide bonds. The molecule has 22 heavy (non-hydrogen) atoms. The van der Waals surface area contributed by atoms with Gasteiger partial charge in [-0.05, 0) is 25.7 Å². The van der Waals surface area contributed by atoms with Crippen LogP contribution >= 0.6 is 11.3 Å². The Morgan fingerprint density at radius 1 is 1.09 bits per heavy atom. The van der Waals surface area contributed by atoms with Crippen molar-refractivity contribution >= 4 is 17.1 Å². The summed E-state index contributed by atoms with van der Waals surface area (Å²) in [6.45, 7) is 2.17. The number of rotatable bonds is 2. The fourth-order valence-electron chi connectivity index (χ4n) is 3.13. The first kappa shape index (κ1) is 13.7. The highest BCUT2D eigenvalue weighted by atomic mass is 32.1. The van der Waals surface area contributed by atoms with Crippen LogP contribution in [0, 0.1) is 0 Å². The third-order valence-corrected chi connectivity index (χ3v) is 5.47. The summed E-state index contributed by atoms with van der Waals surface area (Å²) in [5.74, 6) is 0.188. The number of hydrogen-bond acceptors (Lipinski definition) is 4. The Hall–Kier alpha value is -1.94. The number of thiazole rings is 1. The molecule has 0 unspecified atom stereocenters. The summed E-state index contributed by atoms with van der Waals surface area (Å²) in [7, 11) is 0. The summed E-state index contributed by atoms with van der Waals surface area (Å²) in [4.78, 5) is 20.6. The van der Waals surface area contributed by atoms with Gasteiger partial charge >= 0.3 is 0 Å². The van der Waals surface area contributed by atoms with E-state index in [1.54, 1.807) is 0 Å². The van der Waals surface area contributed by atoms with Crippen molar-refractivity contribution in [2.45, 2.75) is 25.7 Å². The van der Waals surface area contributed by atoms with Crippen molar-refractivity contribution in [3.05, 3.63) is 52.7 Å². The molecule has 0 spiro atoms. The molecule has 2 heterocycles. The van der Waals surface area contributed by atoms with Crippen molar-refractivity contribution in [1.29, 1.82) is 0 Å². The summed E-state index contributed by atoms with van der Waals surface area (Å²) < 4.78 is 0. The van der Waals surface area contributed by atoms with E-state index in [1.165, 1.54) is 24.2 Å². The first-order valence-electron chi connectivity index (χ1n) is 7.86. The molecule has 0 N–H and O–H groups in total. The Morgan fingerprint density at radius 3 is 2.64 bits per heavy atom. The number of hydrogen-bond donors (Lipinski definition) is 0. The lowest BCUT2D eigenvalue weighted by molar-refractivity contribution is 0.102. The van der Waals surface area contributed by atoms with Crippen LogP contribution in [0.1, 0.15) is 34.6 Å². The molecule has 4 rings (SSSR count). The van der Waals surface area contributed by atoms with Gasteiger partial charge in [-0.3, -0.25) is 4.79 Å². The number of fused-ring (bicyclic) bond motifs is 1. The van der Waals surface area contributed by atoms with E-state index in [1.807, 2.05) is 18.2 Å². The van der Waals surface area contributed by atoms with E-state index >= 15 is 0 Å². The van der Waals surface area contributed by atoms with Crippen LogP contribution in [0.25, 0.3) is 10.6 Å². The molecule has 112 valence electrons. The lowest BCUT2D eigenvalue weighted by atomic mass is 9.96. The number of ketones is 1. The molecule has 2 aliphatic rings. The van der Waals surface area contributed by atoms with Crippen LogP contribution in [0.15, 0.2) is 42.1 Å². The molecule has 4 heteroatoms. The van der Waals surface area contributed by atoms with E-state index in [9.17, 15) is 4.79 Å². The minimum absolute atomic E-state index is 0.188. The second-order valence-electron chi connectivity index (χ2n) is 5.89. The fraction of sp³-hybridized carbons (Fsp3) is 0.333. The molecule has 0 radical (unpaired) electrons. The maximum Gasteiger partial charge on any atom is 0.202 e. The Labute approximate surface area is 134 Å². The number of likely N-dealkylation sites (tertiary alicyclic amines) is 1. The van der Waals surface area contributed by atoms with E-state index in [0.717, 1.165) is 52.6 Å². The molecule has 0 atom stereocenters. The summed E-state index contributed by atoms with van der Waals surface area (Å²) in [6, 6.07) is 10.1. The van der Waals surface area contributed by atoms with Crippen molar-refractivity contribution in [1.82, 2.24) is 9.88 Å². The van der Waals surface area contributed by atoms with Gasteiger partial charge in [-0.15, -0.1) is 11.3 Å². The van der Waals surface area contributed by atoms with Gasteiger partial charge in [-0.25, -0.2) is 4.98 Å². The molecule has 1 aliphatic carbocycles. The smallest absolute Gasteiger partial charge is 0.202 e. The van der Waals surface area contributed by atoms with Gasteiger partial charge < -0.3 is 4.90 Å². The molecule has 1 aromatic heterocycles. The van der Waals surface area contributed by atoms with E-state index in [0.29, 0.717) is 0 Å². The first-order valence-corrected chi connectivity index (χ1v) is 8.67. The Morgan fingerprint density at radius 2 is 1.86 bits per heavy atom. The summed E-state index contributed by atoms with van der Waals surface area (Å²) in [5, 5.41) is 0.960. The number of aryl methyl sites for hydroxylation is 1. The van der Waals surface area contributed by atoms with Crippen LogP contribution in [0.2, 0.25) is 0 Å². The maximum atomic E-state index is 12.7. The van der Waals surface area contributed by atoms with Crippen LogP contribution in [-0.4, -0.2) is 28.8 Å². The predicted molar refractivity (Wildman–Crippen MR) is 89.1 cm³/mol. The van der Waals surface area contributed by atoms with Crippen LogP contribution in [0.5, 0.6) is 0 Å². The highest BCUT2D eigenvalue weighted by molar-refractivity contribution is 7.17. The van der Waals surface area contributed by atoms with Gasteiger partial charge in [-0.2, -0.15) is 0 Å². The molecule has 0 bridgehead atoms. The Bertz CT molecular complexity index is 727. The summed E-state index contributed by atoms with van der Waals surface area (Å²) in [6.07, 6.45) is 6.27. The maximum absolute atomic E-state index is 12.7. The molecule has 1 fully saturated rings. The van der Waals surface area contributed by atoms with Crippen molar-refractivity contribution in [3.8, 4) is 10.6 Å². The van der Waals surface area contributed by atoms with Crippen LogP contribution in [0.3, 0.4) is 0 Å². The zero-order valence-corrected chi connectivity index (χ0v) is 13.2. The number of carbonyl (C=O) groups excluding carboxylic acids is 1. The topological polar surface area (TPSA) is 33.2 Å². The first-order chi connectivity index (χ1) is 10.8. The minimum Gasteiger partial charge on any atom is -0.377 e. The van der Waals surface area contributed by atoms with Crippen LogP contribution in [-0.2, 0) is 6.42 Å². The quantitative estimate of drug-likeness (QED) is 0.788.